The summed E-state index contributed by atoms with van der Waals surface area (Å²) in [6.07, 6.45) is 1.68. The van der Waals surface area contributed by atoms with Crippen molar-refractivity contribution in [1.29, 1.82) is 0 Å². The van der Waals surface area contributed by atoms with Crippen molar-refractivity contribution < 1.29 is 4.79 Å². The van der Waals surface area contributed by atoms with Gasteiger partial charge in [-0.2, -0.15) is 0 Å². The van der Waals surface area contributed by atoms with Crippen LogP contribution in [0, 0.1) is 11.8 Å². The molecule has 4 nitrogen and oxygen atoms in total. The zero-order chi connectivity index (χ0) is 16.6. The Balaban J connectivity index is 1.86. The Morgan fingerprint density at radius 2 is 1.96 bits per heavy atom. The van der Waals surface area contributed by atoms with E-state index in [1.165, 1.54) is 0 Å². The third-order valence-corrected chi connectivity index (χ3v) is 4.67. The van der Waals surface area contributed by atoms with Crippen molar-refractivity contribution in [3.05, 3.63) is 46.2 Å². The summed E-state index contributed by atoms with van der Waals surface area (Å²) in [5.41, 5.74) is 1.61. The summed E-state index contributed by atoms with van der Waals surface area (Å²) in [7, 11) is 1.79. The number of fused-ring (bicyclic) bond motifs is 1. The monoisotopic (exact) mass is 312 g/mol. The fourth-order valence-electron chi connectivity index (χ4n) is 3.64. The summed E-state index contributed by atoms with van der Waals surface area (Å²) in [6, 6.07) is 9.78. The maximum atomic E-state index is 12.6. The van der Waals surface area contributed by atoms with Gasteiger partial charge < -0.3 is 9.47 Å². The first kappa shape index (κ1) is 15.8. The van der Waals surface area contributed by atoms with Gasteiger partial charge in [0.25, 0.3) is 5.56 Å². The zero-order valence-corrected chi connectivity index (χ0v) is 14.1. The van der Waals surface area contributed by atoms with Crippen molar-refractivity contribution in [2.45, 2.75) is 33.2 Å². The highest BCUT2D eigenvalue weighted by Gasteiger charge is 2.30. The molecule has 0 saturated carbocycles. The predicted molar refractivity (Wildman–Crippen MR) is 92.2 cm³/mol. The first-order valence-electron chi connectivity index (χ1n) is 8.31. The third kappa shape index (κ3) is 3.16. The quantitative estimate of drug-likeness (QED) is 0.871. The predicted octanol–water partition coefficient (Wildman–Crippen LogP) is 2.93. The number of benzene rings is 1. The molecule has 1 amide bonds. The molecule has 0 bridgehead atoms. The lowest BCUT2D eigenvalue weighted by Gasteiger charge is -2.18. The van der Waals surface area contributed by atoms with Crippen molar-refractivity contribution >= 4 is 16.8 Å². The number of hydrogen-bond donors (Lipinski definition) is 0. The van der Waals surface area contributed by atoms with Gasteiger partial charge in [0.2, 0.25) is 5.91 Å². The van der Waals surface area contributed by atoms with Gasteiger partial charge in [0.1, 0.15) is 0 Å². The number of nitrogens with zero attached hydrogens (tertiary/aromatic N) is 2. The lowest BCUT2D eigenvalue weighted by atomic mass is 9.96. The van der Waals surface area contributed by atoms with Gasteiger partial charge in [0.15, 0.2) is 0 Å². The molecule has 1 atom stereocenters. The van der Waals surface area contributed by atoms with Crippen molar-refractivity contribution in [2.75, 3.05) is 6.54 Å². The van der Waals surface area contributed by atoms with Crippen LogP contribution in [-0.4, -0.2) is 21.9 Å². The van der Waals surface area contributed by atoms with Gasteiger partial charge in [0, 0.05) is 25.6 Å². The van der Waals surface area contributed by atoms with E-state index >= 15 is 0 Å². The molecule has 0 spiro atoms. The van der Waals surface area contributed by atoms with Crippen LogP contribution >= 0.6 is 0 Å². The number of pyridine rings is 1. The fraction of sp³-hybridized carbons (Fsp3) is 0.474. The van der Waals surface area contributed by atoms with E-state index in [2.05, 4.69) is 13.8 Å². The van der Waals surface area contributed by atoms with E-state index < -0.39 is 0 Å². The van der Waals surface area contributed by atoms with Crippen molar-refractivity contribution in [3.8, 4) is 0 Å². The van der Waals surface area contributed by atoms with Crippen LogP contribution in [0.1, 0.15) is 32.3 Å². The standard InChI is InChI=1S/C19H24N2O2/c1-13(2)8-14-9-18(22)21(11-14)12-16-10-15-6-4-5-7-17(15)20(3)19(16)23/h4-7,10,13-14H,8-9,11-12H2,1-3H3/t14-/m1/s1. The number of aromatic nitrogens is 1. The molecule has 23 heavy (non-hydrogen) atoms. The average molecular weight is 312 g/mol. The summed E-state index contributed by atoms with van der Waals surface area (Å²) < 4.78 is 1.68. The van der Waals surface area contributed by atoms with Crippen molar-refractivity contribution in [2.24, 2.45) is 18.9 Å². The van der Waals surface area contributed by atoms with E-state index in [1.54, 1.807) is 11.6 Å². The molecule has 0 N–H and O–H groups in total. The lowest BCUT2D eigenvalue weighted by molar-refractivity contribution is -0.128. The Hall–Kier alpha value is -2.10. The molecule has 1 aliphatic heterocycles. The van der Waals surface area contributed by atoms with Gasteiger partial charge >= 0.3 is 0 Å². The van der Waals surface area contributed by atoms with Crippen molar-refractivity contribution in [3.63, 3.8) is 0 Å². The Labute approximate surface area is 136 Å². The maximum absolute atomic E-state index is 12.6. The molecule has 3 rings (SSSR count). The van der Waals surface area contributed by atoms with E-state index in [0.29, 0.717) is 30.4 Å². The van der Waals surface area contributed by atoms with E-state index in [0.717, 1.165) is 23.9 Å². The zero-order valence-electron chi connectivity index (χ0n) is 14.1. The molecule has 4 heteroatoms. The molecular formula is C19H24N2O2. The van der Waals surface area contributed by atoms with Crippen LogP contribution in [0.4, 0.5) is 0 Å². The highest BCUT2D eigenvalue weighted by molar-refractivity contribution is 5.80. The molecule has 122 valence electrons. The van der Waals surface area contributed by atoms with E-state index in [1.807, 2.05) is 35.2 Å². The molecular weight excluding hydrogens is 288 g/mol. The minimum Gasteiger partial charge on any atom is -0.338 e. The number of rotatable bonds is 4. The summed E-state index contributed by atoms with van der Waals surface area (Å²) in [5, 5.41) is 1.04. The lowest BCUT2D eigenvalue weighted by Crippen LogP contribution is -2.30. The largest absolute Gasteiger partial charge is 0.338 e. The summed E-state index contributed by atoms with van der Waals surface area (Å²) in [4.78, 5) is 26.7. The number of carbonyl (C=O) groups excluding carboxylic acids is 1. The van der Waals surface area contributed by atoms with Gasteiger partial charge in [-0.25, -0.2) is 0 Å². The molecule has 1 aromatic carbocycles. The number of carbonyl (C=O) groups is 1. The minimum atomic E-state index is -0.0104. The van der Waals surface area contributed by atoms with Crippen LogP contribution in [-0.2, 0) is 18.4 Å². The van der Waals surface area contributed by atoms with Gasteiger partial charge in [-0.05, 0) is 35.8 Å². The molecule has 2 aromatic rings. The Morgan fingerprint density at radius 3 is 2.70 bits per heavy atom. The van der Waals surface area contributed by atoms with Crippen LogP contribution in [0.5, 0.6) is 0 Å². The normalized spacial score (nSPS) is 18.3. The third-order valence-electron chi connectivity index (χ3n) is 4.67. The van der Waals surface area contributed by atoms with E-state index in [9.17, 15) is 9.59 Å². The molecule has 1 aliphatic rings. The summed E-state index contributed by atoms with van der Waals surface area (Å²) in [5.74, 6) is 1.19. The summed E-state index contributed by atoms with van der Waals surface area (Å²) in [6.45, 7) is 5.57. The maximum Gasteiger partial charge on any atom is 0.255 e. The molecule has 1 fully saturated rings. The summed E-state index contributed by atoms with van der Waals surface area (Å²) >= 11 is 0. The fourth-order valence-corrected chi connectivity index (χ4v) is 3.64. The first-order chi connectivity index (χ1) is 11.0. The van der Waals surface area contributed by atoms with Gasteiger partial charge in [-0.1, -0.05) is 32.0 Å². The number of amides is 1. The smallest absolute Gasteiger partial charge is 0.255 e. The number of hydrogen-bond acceptors (Lipinski definition) is 2. The number of para-hydroxylation sites is 1. The van der Waals surface area contributed by atoms with E-state index in [4.69, 9.17) is 0 Å². The second kappa shape index (κ2) is 6.19. The van der Waals surface area contributed by atoms with Crippen LogP contribution in [0.25, 0.3) is 10.9 Å². The Morgan fingerprint density at radius 1 is 1.22 bits per heavy atom. The SMILES string of the molecule is CC(C)C[C@@H]1CC(=O)N(Cc2cc3ccccc3n(C)c2=O)C1. The average Bonchev–Trinajstić information content (AvgIpc) is 2.83. The van der Waals surface area contributed by atoms with Crippen molar-refractivity contribution in [1.82, 2.24) is 9.47 Å². The van der Waals surface area contributed by atoms with Crippen LogP contribution in [0.15, 0.2) is 35.1 Å². The van der Waals surface area contributed by atoms with Crippen LogP contribution < -0.4 is 5.56 Å². The number of likely N-dealkylation sites (tertiary alicyclic amines) is 1. The molecule has 2 heterocycles. The topological polar surface area (TPSA) is 42.3 Å². The molecule has 0 radical (unpaired) electrons. The Kier molecular flexibility index (Phi) is 4.24. The number of aryl methyl sites for hydroxylation is 1. The second-order valence-corrected chi connectivity index (χ2v) is 7.07. The highest BCUT2D eigenvalue weighted by atomic mass is 16.2. The molecule has 1 aromatic heterocycles. The molecule has 0 unspecified atom stereocenters. The highest BCUT2D eigenvalue weighted by Crippen LogP contribution is 2.25. The van der Waals surface area contributed by atoms with Crippen LogP contribution in [0.3, 0.4) is 0 Å². The first-order valence-corrected chi connectivity index (χ1v) is 8.31. The van der Waals surface area contributed by atoms with Gasteiger partial charge in [0.05, 0.1) is 12.1 Å². The Bertz CT molecular complexity index is 792. The molecule has 1 saturated heterocycles. The second-order valence-electron chi connectivity index (χ2n) is 7.07. The van der Waals surface area contributed by atoms with Gasteiger partial charge in [-0.15, -0.1) is 0 Å². The van der Waals surface area contributed by atoms with E-state index in [-0.39, 0.29) is 11.5 Å². The van der Waals surface area contributed by atoms with Crippen LogP contribution in [0.2, 0.25) is 0 Å². The van der Waals surface area contributed by atoms with Gasteiger partial charge in [-0.3, -0.25) is 9.59 Å². The minimum absolute atomic E-state index is 0.0104. The molecule has 0 aliphatic carbocycles.